The van der Waals surface area contributed by atoms with Gasteiger partial charge in [-0.1, -0.05) is 75.3 Å². The van der Waals surface area contributed by atoms with Gasteiger partial charge in [0, 0.05) is 52.2 Å². The Morgan fingerprint density at radius 2 is 1.38 bits per heavy atom. The molecule has 1 atom stereocenters. The van der Waals surface area contributed by atoms with Crippen molar-refractivity contribution < 1.29 is 23.9 Å². The number of hydrogen-bond donors (Lipinski definition) is 5. The zero-order valence-electron chi connectivity index (χ0n) is 34.4. The van der Waals surface area contributed by atoms with Gasteiger partial charge in [0.05, 0.1) is 0 Å². The van der Waals surface area contributed by atoms with E-state index in [2.05, 4.69) is 50.1 Å². The maximum atomic E-state index is 14.4. The predicted molar refractivity (Wildman–Crippen MR) is 223 cm³/mol. The number of para-hydroxylation sites is 1. The molecule has 1 spiro atoms. The Labute approximate surface area is 332 Å². The highest BCUT2D eigenvalue weighted by atomic mass is 16.6. The number of aromatic nitrogens is 1. The molecule has 2 aromatic carbocycles. The van der Waals surface area contributed by atoms with Crippen LogP contribution in [-0.2, 0) is 16.0 Å². The van der Waals surface area contributed by atoms with Crippen molar-refractivity contribution in [1.82, 2.24) is 20.5 Å². The summed E-state index contributed by atoms with van der Waals surface area (Å²) >= 11 is 0. The Morgan fingerprint density at radius 3 is 2.02 bits per heavy atom. The van der Waals surface area contributed by atoms with Crippen LogP contribution in [0, 0.1) is 5.41 Å². The van der Waals surface area contributed by atoms with Crippen LogP contribution in [-0.4, -0.2) is 57.3 Å². The Balaban J connectivity index is 1.29. The molecule has 0 radical (unpaired) electrons. The molecule has 11 heteroatoms. The number of fused-ring (bicyclic) bond motifs is 2. The fourth-order valence-electron chi connectivity index (χ4n) is 8.92. The van der Waals surface area contributed by atoms with Gasteiger partial charge in [-0.05, 0) is 110 Å². The third-order valence-electron chi connectivity index (χ3n) is 11.5. The molecule has 56 heavy (non-hydrogen) atoms. The molecule has 2 heterocycles. The van der Waals surface area contributed by atoms with Crippen LogP contribution in [0.15, 0.2) is 48.5 Å². The lowest BCUT2D eigenvalue weighted by Crippen LogP contribution is -2.45. The summed E-state index contributed by atoms with van der Waals surface area (Å²) in [4.78, 5) is 39.5. The van der Waals surface area contributed by atoms with Crippen LogP contribution in [0.3, 0.4) is 0 Å². The number of amides is 3. The van der Waals surface area contributed by atoms with E-state index in [1.54, 1.807) is 20.8 Å². The van der Waals surface area contributed by atoms with E-state index < -0.39 is 23.4 Å². The minimum Gasteiger partial charge on any atom is -0.444 e. The lowest BCUT2D eigenvalue weighted by molar-refractivity contribution is 0.0486. The first-order valence-corrected chi connectivity index (χ1v) is 21.0. The summed E-state index contributed by atoms with van der Waals surface area (Å²) in [7, 11) is 0. The highest BCUT2D eigenvalue weighted by Crippen LogP contribution is 2.45. The number of amidine groups is 1. The first kappa shape index (κ1) is 41.1. The molecule has 1 unspecified atom stereocenters. The predicted octanol–water partition coefficient (Wildman–Crippen LogP) is 9.92. The summed E-state index contributed by atoms with van der Waals surface area (Å²) in [6.45, 7) is 11.5. The Hall–Kier alpha value is -4.54. The van der Waals surface area contributed by atoms with Gasteiger partial charge >= 0.3 is 12.2 Å². The van der Waals surface area contributed by atoms with E-state index in [4.69, 9.17) is 14.9 Å². The molecule has 3 aromatic rings. The van der Waals surface area contributed by atoms with E-state index in [1.807, 2.05) is 45.0 Å². The van der Waals surface area contributed by atoms with Crippen LogP contribution >= 0.6 is 0 Å². The van der Waals surface area contributed by atoms with E-state index in [0.29, 0.717) is 17.8 Å². The molecule has 6 rings (SSSR count). The minimum absolute atomic E-state index is 0.00161. The Morgan fingerprint density at radius 1 is 0.786 bits per heavy atom. The molecule has 3 aliphatic rings. The number of anilines is 1. The number of nitrogens with zero attached hydrogens (tertiary/aromatic N) is 1. The highest BCUT2D eigenvalue weighted by Gasteiger charge is 2.39. The molecule has 2 saturated carbocycles. The van der Waals surface area contributed by atoms with Crippen molar-refractivity contribution in [3.8, 4) is 0 Å². The third kappa shape index (κ3) is 10.9. The van der Waals surface area contributed by atoms with Gasteiger partial charge in [-0.25, -0.2) is 9.59 Å². The van der Waals surface area contributed by atoms with Gasteiger partial charge in [0.1, 0.15) is 22.7 Å². The van der Waals surface area contributed by atoms with Gasteiger partial charge in [-0.2, -0.15) is 0 Å². The van der Waals surface area contributed by atoms with E-state index in [-0.39, 0.29) is 35.3 Å². The van der Waals surface area contributed by atoms with Crippen molar-refractivity contribution in [2.75, 3.05) is 5.32 Å². The molecule has 0 bridgehead atoms. The SMILES string of the molecule is CC(C)(C)OC(=O)NC(=N)c1ccc2cc(C(=O)NC3CCC(NC(=O)OC(C)(C)C)CC3)n(CC3CC4(CCCCCCCCC4)Nc4ccccc43)c2c1. The van der Waals surface area contributed by atoms with Crippen LogP contribution in [0.25, 0.3) is 10.9 Å². The fraction of sp³-hybridized carbons (Fsp3) is 0.600. The largest absolute Gasteiger partial charge is 0.444 e. The summed E-state index contributed by atoms with van der Waals surface area (Å²) in [5, 5.41) is 22.7. The van der Waals surface area contributed by atoms with Crippen LogP contribution in [0.2, 0.25) is 0 Å². The van der Waals surface area contributed by atoms with Crippen LogP contribution in [0.1, 0.15) is 159 Å². The van der Waals surface area contributed by atoms with E-state index in [0.717, 1.165) is 55.8 Å². The lowest BCUT2D eigenvalue weighted by Gasteiger charge is -2.45. The molecule has 1 aliphatic heterocycles. The molecule has 2 aliphatic carbocycles. The fourth-order valence-corrected chi connectivity index (χ4v) is 8.92. The summed E-state index contributed by atoms with van der Waals surface area (Å²) < 4.78 is 13.0. The van der Waals surface area contributed by atoms with E-state index >= 15 is 0 Å². The molecule has 5 N–H and O–H groups in total. The van der Waals surface area contributed by atoms with Crippen LogP contribution in [0.5, 0.6) is 0 Å². The molecule has 11 nitrogen and oxygen atoms in total. The zero-order valence-corrected chi connectivity index (χ0v) is 34.4. The van der Waals surface area contributed by atoms with Crippen molar-refractivity contribution in [3.05, 3.63) is 65.4 Å². The molecule has 0 saturated heterocycles. The molecule has 1 aromatic heterocycles. The first-order chi connectivity index (χ1) is 26.6. The number of carbonyl (C=O) groups is 3. The Bertz CT molecular complexity index is 1870. The monoisotopic (exact) mass is 768 g/mol. The van der Waals surface area contributed by atoms with Gasteiger partial charge in [-0.15, -0.1) is 0 Å². The topological polar surface area (TPSA) is 147 Å². The van der Waals surface area contributed by atoms with Gasteiger partial charge in [-0.3, -0.25) is 15.5 Å². The average molecular weight is 769 g/mol. The summed E-state index contributed by atoms with van der Waals surface area (Å²) in [5.41, 5.74) is 3.11. The van der Waals surface area contributed by atoms with Gasteiger partial charge in [0.2, 0.25) is 0 Å². The van der Waals surface area contributed by atoms with Crippen molar-refractivity contribution in [3.63, 3.8) is 0 Å². The molecule has 304 valence electrons. The maximum Gasteiger partial charge on any atom is 0.413 e. The van der Waals surface area contributed by atoms with Crippen molar-refractivity contribution in [2.24, 2.45) is 0 Å². The summed E-state index contributed by atoms with van der Waals surface area (Å²) in [5.74, 6) is -0.0527. The molecule has 2 fully saturated rings. The second kappa shape index (κ2) is 17.3. The number of benzene rings is 2. The number of nitrogens with one attached hydrogen (secondary N) is 5. The maximum absolute atomic E-state index is 14.4. The van der Waals surface area contributed by atoms with E-state index in [1.165, 1.54) is 56.2 Å². The number of ether oxygens (including phenoxy) is 2. The normalized spacial score (nSPS) is 21.6. The van der Waals surface area contributed by atoms with Crippen molar-refractivity contribution in [2.45, 2.75) is 173 Å². The third-order valence-corrected chi connectivity index (χ3v) is 11.5. The second-order valence-electron chi connectivity index (χ2n) is 18.5. The Kier molecular flexibility index (Phi) is 12.7. The number of carbonyl (C=O) groups excluding carboxylic acids is 3. The van der Waals surface area contributed by atoms with Crippen molar-refractivity contribution >= 4 is 40.5 Å². The molecule has 3 amide bonds. The minimum atomic E-state index is -0.698. The summed E-state index contributed by atoms with van der Waals surface area (Å²) in [6.07, 6.45) is 14.0. The van der Waals surface area contributed by atoms with Gasteiger partial charge < -0.3 is 30.0 Å². The molecular formula is C45H64N6O5. The standard InChI is InChI=1S/C45H64N6O5/c1-43(2,3)55-41(53)48-34-22-20-33(21-23-34)47-40(52)38-26-30-18-19-31(39(46)49-42(54)56-44(4,5)6)27-37(30)51(38)29-32-28-45(50-36-17-13-12-16-35(32)36)24-14-10-8-7-9-11-15-25-45/h12-13,16-19,26-27,32-34,50H,7-11,14-15,20-25,28-29H2,1-6H3,(H,47,52)(H,48,53)(H2,46,49,54). The smallest absolute Gasteiger partial charge is 0.413 e. The summed E-state index contributed by atoms with van der Waals surface area (Å²) in [6, 6.07) is 16.2. The molecular weight excluding hydrogens is 705 g/mol. The lowest BCUT2D eigenvalue weighted by atomic mass is 9.73. The van der Waals surface area contributed by atoms with Crippen LogP contribution < -0.4 is 21.3 Å². The highest BCUT2D eigenvalue weighted by molar-refractivity contribution is 6.07. The van der Waals surface area contributed by atoms with E-state index in [9.17, 15) is 14.4 Å². The van der Waals surface area contributed by atoms with Crippen LogP contribution in [0.4, 0.5) is 15.3 Å². The van der Waals surface area contributed by atoms with Crippen molar-refractivity contribution in [1.29, 1.82) is 5.41 Å². The average Bonchev–Trinajstić information content (AvgIpc) is 3.48. The van der Waals surface area contributed by atoms with Gasteiger partial charge in [0.15, 0.2) is 0 Å². The number of hydrogen-bond acceptors (Lipinski definition) is 7. The quantitative estimate of drug-likeness (QED) is 0.125. The first-order valence-electron chi connectivity index (χ1n) is 21.0. The number of rotatable bonds is 6. The second-order valence-corrected chi connectivity index (χ2v) is 18.5. The van der Waals surface area contributed by atoms with Gasteiger partial charge in [0.25, 0.3) is 5.91 Å². The zero-order chi connectivity index (χ0) is 40.1. The number of alkyl carbamates (subject to hydrolysis) is 2.